The lowest BCUT2D eigenvalue weighted by molar-refractivity contribution is -0.136. The van der Waals surface area contributed by atoms with E-state index in [4.69, 9.17) is 17.3 Å². The molecular formula is C16H23ClN2O. The third kappa shape index (κ3) is 3.33. The number of hydrogen-bond acceptors (Lipinski definition) is 2. The van der Waals surface area contributed by atoms with Gasteiger partial charge in [0.15, 0.2) is 0 Å². The molecule has 0 bridgehead atoms. The number of halogens is 1. The van der Waals surface area contributed by atoms with Crippen molar-refractivity contribution in [3.63, 3.8) is 0 Å². The second-order valence-corrected chi connectivity index (χ2v) is 6.26. The summed E-state index contributed by atoms with van der Waals surface area (Å²) in [6, 6.07) is 7.72. The van der Waals surface area contributed by atoms with Gasteiger partial charge in [-0.2, -0.15) is 0 Å². The first-order valence-corrected chi connectivity index (χ1v) is 7.66. The number of carbonyl (C=O) groups is 1. The molecule has 4 heteroatoms. The Bertz CT molecular complexity index is 477. The van der Waals surface area contributed by atoms with Gasteiger partial charge in [0.25, 0.3) is 0 Å². The maximum Gasteiger partial charge on any atom is 0.230 e. The van der Waals surface area contributed by atoms with E-state index in [2.05, 4.69) is 6.92 Å². The van der Waals surface area contributed by atoms with Gasteiger partial charge in [0.05, 0.1) is 5.92 Å². The van der Waals surface area contributed by atoms with Crippen LogP contribution in [-0.4, -0.2) is 29.9 Å². The van der Waals surface area contributed by atoms with Crippen molar-refractivity contribution >= 4 is 17.5 Å². The van der Waals surface area contributed by atoms with Crippen LogP contribution >= 0.6 is 11.6 Å². The van der Waals surface area contributed by atoms with Crippen molar-refractivity contribution in [1.82, 2.24) is 4.90 Å². The Hall–Kier alpha value is -1.06. The summed E-state index contributed by atoms with van der Waals surface area (Å²) in [6.07, 6.45) is 2.06. The molecule has 3 atom stereocenters. The molecule has 2 N–H and O–H groups in total. The second kappa shape index (κ2) is 6.59. The van der Waals surface area contributed by atoms with Gasteiger partial charge < -0.3 is 10.6 Å². The summed E-state index contributed by atoms with van der Waals surface area (Å²) < 4.78 is 0. The van der Waals surface area contributed by atoms with E-state index in [0.717, 1.165) is 24.9 Å². The first kappa shape index (κ1) is 15.3. The Balaban J connectivity index is 2.13. The number of piperidine rings is 1. The first-order valence-electron chi connectivity index (χ1n) is 7.29. The molecule has 0 aromatic heterocycles. The van der Waals surface area contributed by atoms with Crippen LogP contribution in [0.2, 0.25) is 5.02 Å². The SMILES string of the molecule is CC1CCN(C(=O)C(C)c2cccc(Cl)c2)C(CN)C1. The van der Waals surface area contributed by atoms with Crippen LogP contribution in [-0.2, 0) is 4.79 Å². The number of nitrogens with zero attached hydrogens (tertiary/aromatic N) is 1. The Morgan fingerprint density at radius 2 is 2.30 bits per heavy atom. The van der Waals surface area contributed by atoms with Gasteiger partial charge in [-0.3, -0.25) is 4.79 Å². The molecule has 3 unspecified atom stereocenters. The van der Waals surface area contributed by atoms with E-state index >= 15 is 0 Å². The molecule has 2 rings (SSSR count). The van der Waals surface area contributed by atoms with E-state index in [1.807, 2.05) is 36.1 Å². The molecule has 1 fully saturated rings. The average molecular weight is 295 g/mol. The lowest BCUT2D eigenvalue weighted by Crippen LogP contribution is -2.50. The zero-order chi connectivity index (χ0) is 14.7. The molecule has 1 heterocycles. The number of benzene rings is 1. The zero-order valence-electron chi connectivity index (χ0n) is 12.2. The van der Waals surface area contributed by atoms with E-state index in [1.54, 1.807) is 0 Å². The number of rotatable bonds is 3. The van der Waals surface area contributed by atoms with Crippen LogP contribution in [0.5, 0.6) is 0 Å². The minimum atomic E-state index is -0.170. The molecule has 0 spiro atoms. The minimum absolute atomic E-state index is 0.162. The predicted octanol–water partition coefficient (Wildman–Crippen LogP) is 3.03. The molecule has 110 valence electrons. The normalized spacial score (nSPS) is 24.5. The highest BCUT2D eigenvalue weighted by atomic mass is 35.5. The van der Waals surface area contributed by atoms with Crippen molar-refractivity contribution in [3.05, 3.63) is 34.9 Å². The van der Waals surface area contributed by atoms with E-state index in [1.165, 1.54) is 0 Å². The van der Waals surface area contributed by atoms with Gasteiger partial charge >= 0.3 is 0 Å². The Morgan fingerprint density at radius 3 is 2.95 bits per heavy atom. The minimum Gasteiger partial charge on any atom is -0.338 e. The summed E-state index contributed by atoms with van der Waals surface area (Å²) in [5.74, 6) is 0.639. The van der Waals surface area contributed by atoms with Crippen molar-refractivity contribution in [2.75, 3.05) is 13.1 Å². The predicted molar refractivity (Wildman–Crippen MR) is 82.8 cm³/mol. The molecule has 20 heavy (non-hydrogen) atoms. The van der Waals surface area contributed by atoms with Crippen molar-refractivity contribution in [2.24, 2.45) is 11.7 Å². The van der Waals surface area contributed by atoms with Crippen molar-refractivity contribution in [1.29, 1.82) is 0 Å². The smallest absolute Gasteiger partial charge is 0.230 e. The van der Waals surface area contributed by atoms with Gasteiger partial charge in [0, 0.05) is 24.2 Å². The summed E-state index contributed by atoms with van der Waals surface area (Å²) in [6.45, 7) is 5.52. The number of amides is 1. The molecule has 0 aliphatic carbocycles. The highest BCUT2D eigenvalue weighted by molar-refractivity contribution is 6.30. The number of nitrogens with two attached hydrogens (primary N) is 1. The molecule has 1 aliphatic rings. The molecule has 1 aliphatic heterocycles. The number of hydrogen-bond donors (Lipinski definition) is 1. The fourth-order valence-electron chi connectivity index (χ4n) is 2.93. The average Bonchev–Trinajstić information content (AvgIpc) is 2.45. The Kier molecular flexibility index (Phi) is 5.06. The fourth-order valence-corrected chi connectivity index (χ4v) is 3.13. The second-order valence-electron chi connectivity index (χ2n) is 5.83. The third-order valence-corrected chi connectivity index (χ3v) is 4.49. The fraction of sp³-hybridized carbons (Fsp3) is 0.562. The van der Waals surface area contributed by atoms with Gasteiger partial charge in [0.1, 0.15) is 0 Å². The Morgan fingerprint density at radius 1 is 1.55 bits per heavy atom. The van der Waals surface area contributed by atoms with Crippen molar-refractivity contribution < 1.29 is 4.79 Å². The highest BCUT2D eigenvalue weighted by Gasteiger charge is 2.31. The van der Waals surface area contributed by atoms with Crippen LogP contribution in [0.15, 0.2) is 24.3 Å². The lowest BCUT2D eigenvalue weighted by atomic mass is 9.90. The Labute approximate surface area is 126 Å². The van der Waals surface area contributed by atoms with Gasteiger partial charge in [-0.25, -0.2) is 0 Å². The standard InChI is InChI=1S/C16H23ClN2O/c1-11-6-7-19(15(8-11)10-18)16(20)12(2)13-4-3-5-14(17)9-13/h3-5,9,11-12,15H,6-8,10,18H2,1-2H3. The van der Waals surface area contributed by atoms with Gasteiger partial charge in [-0.15, -0.1) is 0 Å². The maximum atomic E-state index is 12.7. The third-order valence-electron chi connectivity index (χ3n) is 4.25. The van der Waals surface area contributed by atoms with Crippen LogP contribution in [0.25, 0.3) is 0 Å². The van der Waals surface area contributed by atoms with Gasteiger partial charge in [0.2, 0.25) is 5.91 Å². The quantitative estimate of drug-likeness (QED) is 0.931. The topological polar surface area (TPSA) is 46.3 Å². The van der Waals surface area contributed by atoms with Crippen LogP contribution in [0.1, 0.15) is 38.2 Å². The van der Waals surface area contributed by atoms with E-state index < -0.39 is 0 Å². The molecule has 1 aromatic carbocycles. The maximum absolute atomic E-state index is 12.7. The van der Waals surface area contributed by atoms with Crippen LogP contribution in [0.3, 0.4) is 0 Å². The zero-order valence-corrected chi connectivity index (χ0v) is 12.9. The van der Waals surface area contributed by atoms with E-state index in [0.29, 0.717) is 17.5 Å². The van der Waals surface area contributed by atoms with Gasteiger partial charge in [-0.05, 0) is 43.4 Å². The largest absolute Gasteiger partial charge is 0.338 e. The monoisotopic (exact) mass is 294 g/mol. The van der Waals surface area contributed by atoms with E-state index in [9.17, 15) is 4.79 Å². The lowest BCUT2D eigenvalue weighted by Gasteiger charge is -2.39. The molecule has 0 saturated carbocycles. The summed E-state index contributed by atoms with van der Waals surface area (Å²) in [5, 5.41) is 0.671. The van der Waals surface area contributed by atoms with Crippen molar-refractivity contribution in [3.8, 4) is 0 Å². The molecule has 1 saturated heterocycles. The van der Waals surface area contributed by atoms with Gasteiger partial charge in [-0.1, -0.05) is 30.7 Å². The molecule has 0 radical (unpaired) electrons. The highest BCUT2D eigenvalue weighted by Crippen LogP contribution is 2.27. The van der Waals surface area contributed by atoms with Crippen LogP contribution < -0.4 is 5.73 Å². The molecular weight excluding hydrogens is 272 g/mol. The number of carbonyl (C=O) groups excluding carboxylic acids is 1. The van der Waals surface area contributed by atoms with Crippen molar-refractivity contribution in [2.45, 2.75) is 38.6 Å². The van der Waals surface area contributed by atoms with Crippen LogP contribution in [0.4, 0.5) is 0 Å². The first-order chi connectivity index (χ1) is 9.52. The molecule has 3 nitrogen and oxygen atoms in total. The summed E-state index contributed by atoms with van der Waals surface area (Å²) in [5.41, 5.74) is 6.81. The van der Waals surface area contributed by atoms with Crippen LogP contribution in [0, 0.1) is 5.92 Å². The van der Waals surface area contributed by atoms with E-state index in [-0.39, 0.29) is 17.9 Å². The summed E-state index contributed by atoms with van der Waals surface area (Å²) in [7, 11) is 0. The summed E-state index contributed by atoms with van der Waals surface area (Å²) >= 11 is 6.01. The summed E-state index contributed by atoms with van der Waals surface area (Å²) in [4.78, 5) is 14.7. The number of likely N-dealkylation sites (tertiary alicyclic amines) is 1. The molecule has 1 amide bonds. The molecule has 1 aromatic rings.